The molecule has 300 valence electrons. The molecule has 11 amide bonds. The molecule has 22 nitrogen and oxygen atoms in total. The molecule has 0 saturated carbocycles. The summed E-state index contributed by atoms with van der Waals surface area (Å²) in [5.74, 6) is -4.12. The summed E-state index contributed by atoms with van der Waals surface area (Å²) in [4.78, 5) is 154. The van der Waals surface area contributed by atoms with Gasteiger partial charge in [-0.1, -0.05) is 10.1 Å². The van der Waals surface area contributed by atoms with Crippen molar-refractivity contribution in [1.82, 2.24) is 35.2 Å². The van der Waals surface area contributed by atoms with Crippen molar-refractivity contribution in [3.05, 3.63) is 24.3 Å². The van der Waals surface area contributed by atoms with Gasteiger partial charge < -0.3 is 15.1 Å². The molecule has 5 fully saturated rings. The van der Waals surface area contributed by atoms with E-state index in [0.29, 0.717) is 50.0 Å². The van der Waals surface area contributed by atoms with E-state index < -0.39 is 47.7 Å². The summed E-state index contributed by atoms with van der Waals surface area (Å²) >= 11 is 0. The lowest BCUT2D eigenvalue weighted by atomic mass is 9.96. The second-order valence-corrected chi connectivity index (χ2v) is 13.4. The Kier molecular flexibility index (Phi) is 13.4. The van der Waals surface area contributed by atoms with Crippen molar-refractivity contribution >= 4 is 71.3 Å². The summed E-state index contributed by atoms with van der Waals surface area (Å²) in [6.45, 7) is 3.67. The Labute approximate surface area is 318 Å². The minimum absolute atomic E-state index is 0.0557. The van der Waals surface area contributed by atoms with Gasteiger partial charge in [0.15, 0.2) is 0 Å². The van der Waals surface area contributed by atoms with Crippen LogP contribution >= 0.6 is 0 Å². The number of hydrogen-bond donors (Lipinski definition) is 1. The van der Waals surface area contributed by atoms with E-state index in [-0.39, 0.29) is 78.2 Å². The van der Waals surface area contributed by atoms with Crippen molar-refractivity contribution in [3.63, 3.8) is 0 Å². The van der Waals surface area contributed by atoms with Gasteiger partial charge in [-0.15, -0.1) is 5.06 Å². The van der Waals surface area contributed by atoms with E-state index >= 15 is 0 Å². The van der Waals surface area contributed by atoms with Crippen molar-refractivity contribution in [2.24, 2.45) is 11.8 Å². The first-order valence-corrected chi connectivity index (χ1v) is 17.9. The molecule has 0 aromatic heterocycles. The smallest absolute Gasteiger partial charge is 0.317 e. The van der Waals surface area contributed by atoms with E-state index in [1.807, 2.05) is 0 Å². The van der Waals surface area contributed by atoms with Crippen molar-refractivity contribution in [3.8, 4) is 0 Å². The van der Waals surface area contributed by atoms with E-state index in [2.05, 4.69) is 15.0 Å². The Hall–Kier alpha value is -6.32. The second kappa shape index (κ2) is 18.3. The summed E-state index contributed by atoms with van der Waals surface area (Å²) < 4.78 is 0. The second-order valence-electron chi connectivity index (χ2n) is 13.4. The molecule has 5 saturated heterocycles. The van der Waals surface area contributed by atoms with Gasteiger partial charge in [-0.05, 0) is 50.6 Å². The zero-order valence-electron chi connectivity index (χ0n) is 30.1. The maximum Gasteiger partial charge on any atom is 0.560 e. The van der Waals surface area contributed by atoms with Crippen LogP contribution in [0.4, 0.5) is 9.59 Å². The fourth-order valence-electron chi connectivity index (χ4n) is 6.38. The lowest BCUT2D eigenvalue weighted by Gasteiger charge is -2.33. The molecular formula is C34H39N7O15. The summed E-state index contributed by atoms with van der Waals surface area (Å²) in [6.07, 6.45) is 6.17. The van der Waals surface area contributed by atoms with Crippen LogP contribution in [0.2, 0.25) is 0 Å². The number of carbonyl (C=O) groups excluding carboxylic acids is 12. The minimum atomic E-state index is -1.48. The number of hydroxylamine groups is 6. The molecule has 7 aliphatic rings. The molecule has 0 atom stereocenters. The number of imide groups is 5. The van der Waals surface area contributed by atoms with Crippen molar-refractivity contribution in [1.29, 1.82) is 0 Å². The molecule has 7 aliphatic heterocycles. The van der Waals surface area contributed by atoms with Gasteiger partial charge in [-0.25, -0.2) is 4.79 Å². The molecule has 0 aromatic carbocycles. The van der Waals surface area contributed by atoms with E-state index in [1.54, 1.807) is 0 Å². The quantitative estimate of drug-likeness (QED) is 0.304. The summed E-state index contributed by atoms with van der Waals surface area (Å²) in [5, 5.41) is 4.30. The zero-order valence-corrected chi connectivity index (χ0v) is 30.1. The third kappa shape index (κ3) is 10.2. The molecule has 22 heteroatoms. The average Bonchev–Trinajstić information content (AvgIpc) is 3.96. The van der Waals surface area contributed by atoms with Crippen molar-refractivity contribution in [2.75, 3.05) is 39.3 Å². The molecule has 0 spiro atoms. The number of nitrogens with one attached hydrogen (secondary N) is 1. The highest BCUT2D eigenvalue weighted by Crippen LogP contribution is 2.22. The maximum atomic E-state index is 12.0. The Morgan fingerprint density at radius 1 is 0.500 bits per heavy atom. The molecule has 0 aliphatic carbocycles. The van der Waals surface area contributed by atoms with Gasteiger partial charge in [0.2, 0.25) is 0 Å². The van der Waals surface area contributed by atoms with E-state index in [0.717, 1.165) is 25.9 Å². The minimum Gasteiger partial charge on any atom is -0.317 e. The molecule has 0 unspecified atom stereocenters. The SMILES string of the molecule is O=C(ON1C(=O)CCC1=O)N1CCC(CN2C(=O)C=CC2=O)CC1.O=C(ON1C(=O)CCC1=O)ON1C(=O)CCC1=O.O=C1C=CC(=O)N1CC1CCNCC1. The zero-order chi connectivity index (χ0) is 40.5. The number of carbonyl (C=O) groups is 12. The largest absolute Gasteiger partial charge is 0.560 e. The number of amides is 11. The Bertz CT molecular complexity index is 1640. The first-order chi connectivity index (χ1) is 26.7. The monoisotopic (exact) mass is 785 g/mol. The van der Waals surface area contributed by atoms with Gasteiger partial charge in [0.1, 0.15) is 0 Å². The number of nitrogens with zero attached hydrogens (tertiary/aromatic N) is 6. The molecule has 0 bridgehead atoms. The van der Waals surface area contributed by atoms with Gasteiger partial charge in [-0.3, -0.25) is 67.4 Å². The highest BCUT2D eigenvalue weighted by molar-refractivity contribution is 6.13. The third-order valence-corrected chi connectivity index (χ3v) is 9.53. The lowest BCUT2D eigenvalue weighted by molar-refractivity contribution is -0.198. The molecule has 7 heterocycles. The Morgan fingerprint density at radius 3 is 1.18 bits per heavy atom. The van der Waals surface area contributed by atoms with Crippen LogP contribution < -0.4 is 5.32 Å². The van der Waals surface area contributed by atoms with Gasteiger partial charge in [0.05, 0.1) is 0 Å². The van der Waals surface area contributed by atoms with Crippen molar-refractivity contribution < 1.29 is 72.0 Å². The van der Waals surface area contributed by atoms with E-state index in [1.165, 1.54) is 39.0 Å². The van der Waals surface area contributed by atoms with Gasteiger partial charge in [0, 0.05) is 89.0 Å². The normalized spacial score (nSPS) is 21.7. The van der Waals surface area contributed by atoms with Gasteiger partial charge >= 0.3 is 12.2 Å². The maximum absolute atomic E-state index is 12.0. The molecule has 1 N–H and O–H groups in total. The van der Waals surface area contributed by atoms with Gasteiger partial charge in [-0.2, -0.15) is 4.79 Å². The fourth-order valence-corrected chi connectivity index (χ4v) is 6.38. The highest BCUT2D eigenvalue weighted by Gasteiger charge is 2.38. The van der Waals surface area contributed by atoms with Crippen LogP contribution in [0, 0.1) is 11.8 Å². The van der Waals surface area contributed by atoms with Crippen LogP contribution in [-0.4, -0.2) is 140 Å². The standard InChI is InChI=1S/C15H17N3O6.C10H14N2O2.C9H8N2O7/c19-11-1-2-12(20)17(11)9-10-5-7-16(8-6-10)15(23)24-18-13(21)3-4-14(18)22;13-9-1-2-10(14)12(9)7-8-3-5-11-6-4-8;12-5-1-2-6(13)10(5)17-9(16)18-11-7(14)3-4-8(11)15/h1-2,10H,3-9H2;1-2,8,11H,3-7H2;1-4H2. The number of rotatable bonds is 7. The lowest BCUT2D eigenvalue weighted by Crippen LogP contribution is -2.45. The van der Waals surface area contributed by atoms with Crippen LogP contribution in [0.15, 0.2) is 24.3 Å². The van der Waals surface area contributed by atoms with Crippen LogP contribution in [0.25, 0.3) is 0 Å². The van der Waals surface area contributed by atoms with E-state index in [9.17, 15) is 57.5 Å². The van der Waals surface area contributed by atoms with Crippen LogP contribution in [0.5, 0.6) is 0 Å². The molecule has 0 aromatic rings. The first kappa shape index (κ1) is 40.9. The van der Waals surface area contributed by atoms with E-state index in [4.69, 9.17) is 4.84 Å². The summed E-state index contributed by atoms with van der Waals surface area (Å²) in [7, 11) is 0. The van der Waals surface area contributed by atoms with Crippen LogP contribution in [-0.2, 0) is 62.5 Å². The highest BCUT2D eigenvalue weighted by atomic mass is 16.9. The summed E-state index contributed by atoms with van der Waals surface area (Å²) in [6, 6.07) is 0. The first-order valence-electron chi connectivity index (χ1n) is 17.9. The number of hydrogen-bond acceptors (Lipinski definition) is 16. The predicted molar refractivity (Wildman–Crippen MR) is 179 cm³/mol. The predicted octanol–water partition coefficient (Wildman–Crippen LogP) is -0.997. The summed E-state index contributed by atoms with van der Waals surface area (Å²) in [5.41, 5.74) is 0. The van der Waals surface area contributed by atoms with Crippen LogP contribution in [0.3, 0.4) is 0 Å². The molecule has 56 heavy (non-hydrogen) atoms. The molecule has 0 radical (unpaired) electrons. The molecular weight excluding hydrogens is 746 g/mol. The van der Waals surface area contributed by atoms with Gasteiger partial charge in [0.25, 0.3) is 59.1 Å². The topological polar surface area (TPSA) is 264 Å². The third-order valence-electron chi connectivity index (χ3n) is 9.53. The molecule has 7 rings (SSSR count). The average molecular weight is 786 g/mol. The fraction of sp³-hybridized carbons (Fsp3) is 0.529. The van der Waals surface area contributed by atoms with Crippen molar-refractivity contribution in [2.45, 2.75) is 64.2 Å². The Balaban J connectivity index is 0.000000167. The van der Waals surface area contributed by atoms with Crippen LogP contribution in [0.1, 0.15) is 64.2 Å². The Morgan fingerprint density at radius 2 is 0.821 bits per heavy atom. The number of likely N-dealkylation sites (tertiary alicyclic amines) is 1. The number of piperidine rings is 2.